The molecular weight excluding hydrogens is 278 g/mol. The van der Waals surface area contributed by atoms with Crippen molar-refractivity contribution in [2.24, 2.45) is 5.16 Å². The van der Waals surface area contributed by atoms with Crippen LogP contribution in [-0.4, -0.2) is 23.4 Å². The third-order valence-electron chi connectivity index (χ3n) is 3.88. The highest BCUT2D eigenvalue weighted by Gasteiger charge is 2.20. The van der Waals surface area contributed by atoms with E-state index >= 15 is 0 Å². The first kappa shape index (κ1) is 16.3. The molecule has 1 atom stereocenters. The standard InChI is InChI=1S/C18H23NO3/c1-12(2)14-4-6-15(7-5-14)16-8-13(3)9-17(10-16)19-22-11-18(20)21/h4-7,9,12,16H,8,10-11H2,1-3H3,(H,20,21)/b19-17+/t16-/m0/s1. The summed E-state index contributed by atoms with van der Waals surface area (Å²) in [4.78, 5) is 15.3. The van der Waals surface area contributed by atoms with E-state index in [0.717, 1.165) is 18.6 Å². The topological polar surface area (TPSA) is 58.9 Å². The third-order valence-corrected chi connectivity index (χ3v) is 3.88. The number of benzene rings is 1. The molecule has 22 heavy (non-hydrogen) atoms. The molecule has 0 saturated heterocycles. The Balaban J connectivity index is 2.09. The molecule has 118 valence electrons. The van der Waals surface area contributed by atoms with Gasteiger partial charge in [-0.15, -0.1) is 0 Å². The molecule has 0 amide bonds. The van der Waals surface area contributed by atoms with Crippen LogP contribution in [0.2, 0.25) is 0 Å². The minimum atomic E-state index is -1.01. The molecule has 4 heteroatoms. The fourth-order valence-corrected chi connectivity index (χ4v) is 2.74. The molecule has 0 saturated carbocycles. The van der Waals surface area contributed by atoms with E-state index in [1.165, 1.54) is 16.7 Å². The zero-order valence-corrected chi connectivity index (χ0v) is 13.4. The van der Waals surface area contributed by atoms with Gasteiger partial charge in [0.1, 0.15) is 0 Å². The van der Waals surface area contributed by atoms with Crippen LogP contribution < -0.4 is 0 Å². The zero-order chi connectivity index (χ0) is 16.1. The van der Waals surface area contributed by atoms with Crippen LogP contribution in [0.15, 0.2) is 41.1 Å². The lowest BCUT2D eigenvalue weighted by Gasteiger charge is -2.23. The minimum Gasteiger partial charge on any atom is -0.479 e. The van der Waals surface area contributed by atoms with Gasteiger partial charge < -0.3 is 9.94 Å². The van der Waals surface area contributed by atoms with Gasteiger partial charge in [0.25, 0.3) is 0 Å². The van der Waals surface area contributed by atoms with Crippen LogP contribution in [0, 0.1) is 0 Å². The van der Waals surface area contributed by atoms with E-state index in [2.05, 4.69) is 50.2 Å². The first-order valence-corrected chi connectivity index (χ1v) is 7.63. The Morgan fingerprint density at radius 3 is 2.59 bits per heavy atom. The SMILES string of the molecule is CC1=C/C(=N\OCC(=O)O)C[C@@H](c2ccc(C(C)C)cc2)C1. The van der Waals surface area contributed by atoms with Gasteiger partial charge in [0.2, 0.25) is 6.61 Å². The maximum atomic E-state index is 10.5. The van der Waals surface area contributed by atoms with E-state index in [1.54, 1.807) is 0 Å². The second-order valence-corrected chi connectivity index (χ2v) is 6.17. The Kier molecular flexibility index (Phi) is 5.36. The highest BCUT2D eigenvalue weighted by Crippen LogP contribution is 2.32. The second-order valence-electron chi connectivity index (χ2n) is 6.17. The average molecular weight is 301 g/mol. The lowest BCUT2D eigenvalue weighted by atomic mass is 9.83. The third kappa shape index (κ3) is 4.45. The molecule has 0 heterocycles. The minimum absolute atomic E-state index is 0.374. The van der Waals surface area contributed by atoms with Crippen molar-refractivity contribution >= 4 is 11.7 Å². The molecular formula is C18H23NO3. The van der Waals surface area contributed by atoms with Gasteiger partial charge in [0.05, 0.1) is 5.71 Å². The number of carboxylic acids is 1. The zero-order valence-electron chi connectivity index (χ0n) is 13.4. The maximum absolute atomic E-state index is 10.5. The predicted molar refractivity (Wildman–Crippen MR) is 87.3 cm³/mol. The molecule has 1 aliphatic carbocycles. The summed E-state index contributed by atoms with van der Waals surface area (Å²) >= 11 is 0. The molecule has 4 nitrogen and oxygen atoms in total. The lowest BCUT2D eigenvalue weighted by Crippen LogP contribution is -2.13. The van der Waals surface area contributed by atoms with E-state index in [0.29, 0.717) is 11.8 Å². The van der Waals surface area contributed by atoms with Gasteiger partial charge in [-0.25, -0.2) is 4.79 Å². The number of hydrogen-bond donors (Lipinski definition) is 1. The monoisotopic (exact) mass is 301 g/mol. The van der Waals surface area contributed by atoms with Gasteiger partial charge in [-0.2, -0.15) is 0 Å². The molecule has 0 fully saturated rings. The van der Waals surface area contributed by atoms with Crippen LogP contribution in [0.25, 0.3) is 0 Å². The summed E-state index contributed by atoms with van der Waals surface area (Å²) in [7, 11) is 0. The van der Waals surface area contributed by atoms with Gasteiger partial charge in [0, 0.05) is 6.42 Å². The number of rotatable bonds is 5. The molecule has 1 aromatic rings. The Morgan fingerprint density at radius 2 is 2.00 bits per heavy atom. The fourth-order valence-electron chi connectivity index (χ4n) is 2.74. The van der Waals surface area contributed by atoms with Crippen molar-refractivity contribution in [2.75, 3.05) is 6.61 Å². The predicted octanol–water partition coefficient (Wildman–Crippen LogP) is 4.09. The molecule has 0 aliphatic heterocycles. The maximum Gasteiger partial charge on any atom is 0.344 e. The normalized spacial score (nSPS) is 20.1. The summed E-state index contributed by atoms with van der Waals surface area (Å²) in [5, 5.41) is 12.5. The summed E-state index contributed by atoms with van der Waals surface area (Å²) in [6.45, 7) is 6.05. The van der Waals surface area contributed by atoms with Gasteiger partial charge >= 0.3 is 5.97 Å². The van der Waals surface area contributed by atoms with Gasteiger partial charge in [-0.05, 0) is 42.4 Å². The Labute approximate surface area is 131 Å². The first-order valence-electron chi connectivity index (χ1n) is 7.63. The van der Waals surface area contributed by atoms with Gasteiger partial charge in [0.15, 0.2) is 0 Å². The number of carboxylic acid groups (broad SMARTS) is 1. The summed E-state index contributed by atoms with van der Waals surface area (Å²) in [5.41, 5.74) is 4.68. The van der Waals surface area contributed by atoms with Crippen molar-refractivity contribution < 1.29 is 14.7 Å². The number of hydrogen-bond acceptors (Lipinski definition) is 3. The molecule has 2 rings (SSSR count). The van der Waals surface area contributed by atoms with Crippen LogP contribution in [0.1, 0.15) is 56.6 Å². The molecule has 1 aliphatic rings. The largest absolute Gasteiger partial charge is 0.479 e. The highest BCUT2D eigenvalue weighted by atomic mass is 16.6. The van der Waals surface area contributed by atoms with Crippen LogP contribution in [0.3, 0.4) is 0 Å². The lowest BCUT2D eigenvalue weighted by molar-refractivity contribution is -0.142. The van der Waals surface area contributed by atoms with Gasteiger partial charge in [-0.1, -0.05) is 48.8 Å². The van der Waals surface area contributed by atoms with Crippen molar-refractivity contribution in [1.82, 2.24) is 0 Å². The molecule has 1 aromatic carbocycles. The number of oxime groups is 1. The molecule has 0 spiro atoms. The number of carbonyl (C=O) groups is 1. The van der Waals surface area contributed by atoms with E-state index < -0.39 is 12.6 Å². The molecule has 0 bridgehead atoms. The van der Waals surface area contributed by atoms with Crippen LogP contribution in [-0.2, 0) is 9.63 Å². The van der Waals surface area contributed by atoms with Crippen molar-refractivity contribution in [1.29, 1.82) is 0 Å². The average Bonchev–Trinajstić information content (AvgIpc) is 2.46. The Hall–Kier alpha value is -2.10. The summed E-state index contributed by atoms with van der Waals surface area (Å²) < 4.78 is 0. The number of aliphatic carboxylic acids is 1. The van der Waals surface area contributed by atoms with E-state index in [4.69, 9.17) is 9.94 Å². The summed E-state index contributed by atoms with van der Waals surface area (Å²) in [6, 6.07) is 8.75. The second kappa shape index (κ2) is 7.25. The smallest absolute Gasteiger partial charge is 0.344 e. The van der Waals surface area contributed by atoms with Crippen LogP contribution in [0.5, 0.6) is 0 Å². The molecule has 0 radical (unpaired) electrons. The Morgan fingerprint density at radius 1 is 1.32 bits per heavy atom. The van der Waals surface area contributed by atoms with Crippen molar-refractivity contribution in [2.45, 2.75) is 45.4 Å². The molecule has 1 N–H and O–H groups in total. The van der Waals surface area contributed by atoms with Crippen LogP contribution >= 0.6 is 0 Å². The van der Waals surface area contributed by atoms with Gasteiger partial charge in [-0.3, -0.25) is 0 Å². The van der Waals surface area contributed by atoms with Crippen molar-refractivity contribution in [3.05, 3.63) is 47.0 Å². The van der Waals surface area contributed by atoms with Crippen LogP contribution in [0.4, 0.5) is 0 Å². The fraction of sp³-hybridized carbons (Fsp3) is 0.444. The molecule has 0 aromatic heterocycles. The van der Waals surface area contributed by atoms with E-state index in [-0.39, 0.29) is 0 Å². The Bertz CT molecular complexity index is 585. The van der Waals surface area contributed by atoms with E-state index in [1.807, 2.05) is 6.08 Å². The summed E-state index contributed by atoms with van der Waals surface area (Å²) in [6.07, 6.45) is 3.76. The number of nitrogens with zero attached hydrogens (tertiary/aromatic N) is 1. The van der Waals surface area contributed by atoms with Crippen molar-refractivity contribution in [3.63, 3.8) is 0 Å². The quantitative estimate of drug-likeness (QED) is 0.833. The first-order chi connectivity index (χ1) is 10.5. The van der Waals surface area contributed by atoms with E-state index in [9.17, 15) is 4.79 Å². The highest BCUT2D eigenvalue weighted by molar-refractivity contribution is 5.96. The molecule has 0 unspecified atom stereocenters. The van der Waals surface area contributed by atoms with Crippen molar-refractivity contribution in [3.8, 4) is 0 Å². The summed E-state index contributed by atoms with van der Waals surface area (Å²) in [5.74, 6) is -0.108. The number of allylic oxidation sites excluding steroid dienone is 2.